The summed E-state index contributed by atoms with van der Waals surface area (Å²) in [5.74, 6) is 0. The molecule has 0 radical (unpaired) electrons. The highest BCUT2D eigenvalue weighted by molar-refractivity contribution is 7.14. The SMILES string of the molecule is O=C(NCCC(O)C(O)c1ccsc1Cl)OCc1ccccc1. The molecular formula is C16H18ClNO4S. The summed E-state index contributed by atoms with van der Waals surface area (Å²) in [5, 5.41) is 24.2. The van der Waals surface area contributed by atoms with E-state index < -0.39 is 18.3 Å². The lowest BCUT2D eigenvalue weighted by atomic mass is 10.1. The van der Waals surface area contributed by atoms with Crippen molar-refractivity contribution in [3.63, 3.8) is 0 Å². The van der Waals surface area contributed by atoms with Gasteiger partial charge >= 0.3 is 6.09 Å². The Labute approximate surface area is 143 Å². The van der Waals surface area contributed by atoms with Gasteiger partial charge in [-0.05, 0) is 23.4 Å². The van der Waals surface area contributed by atoms with Crippen molar-refractivity contribution in [2.45, 2.75) is 25.2 Å². The Morgan fingerprint density at radius 1 is 1.26 bits per heavy atom. The number of alkyl carbamates (subject to hydrolysis) is 1. The summed E-state index contributed by atoms with van der Waals surface area (Å²) < 4.78 is 5.50. The van der Waals surface area contributed by atoms with Crippen molar-refractivity contribution in [2.75, 3.05) is 6.54 Å². The maximum Gasteiger partial charge on any atom is 0.407 e. The van der Waals surface area contributed by atoms with E-state index in [0.717, 1.165) is 5.56 Å². The number of ether oxygens (including phenoxy) is 1. The maximum absolute atomic E-state index is 11.6. The van der Waals surface area contributed by atoms with Crippen molar-refractivity contribution >= 4 is 29.0 Å². The number of halogens is 1. The molecule has 0 spiro atoms. The maximum atomic E-state index is 11.6. The van der Waals surface area contributed by atoms with Crippen LogP contribution < -0.4 is 5.32 Å². The van der Waals surface area contributed by atoms with Gasteiger partial charge in [0.15, 0.2) is 0 Å². The van der Waals surface area contributed by atoms with E-state index in [0.29, 0.717) is 9.90 Å². The quantitative estimate of drug-likeness (QED) is 0.713. The molecule has 7 heteroatoms. The molecule has 2 rings (SSSR count). The van der Waals surface area contributed by atoms with Crippen LogP contribution in [0.3, 0.4) is 0 Å². The predicted molar refractivity (Wildman–Crippen MR) is 89.5 cm³/mol. The zero-order valence-corrected chi connectivity index (χ0v) is 13.9. The van der Waals surface area contributed by atoms with Gasteiger partial charge in [-0.2, -0.15) is 0 Å². The molecule has 3 N–H and O–H groups in total. The Morgan fingerprint density at radius 3 is 2.65 bits per heavy atom. The van der Waals surface area contributed by atoms with Crippen LogP contribution in [-0.2, 0) is 11.3 Å². The minimum atomic E-state index is -1.07. The molecule has 23 heavy (non-hydrogen) atoms. The number of hydrogen-bond acceptors (Lipinski definition) is 5. The number of benzene rings is 1. The van der Waals surface area contributed by atoms with Crippen LogP contribution in [0.4, 0.5) is 4.79 Å². The van der Waals surface area contributed by atoms with Crippen molar-refractivity contribution in [1.82, 2.24) is 5.32 Å². The molecule has 1 heterocycles. The normalized spacial score (nSPS) is 13.3. The largest absolute Gasteiger partial charge is 0.445 e. The topological polar surface area (TPSA) is 78.8 Å². The lowest BCUT2D eigenvalue weighted by Gasteiger charge is -2.17. The molecule has 124 valence electrons. The Kier molecular flexibility index (Phi) is 6.85. The minimum Gasteiger partial charge on any atom is -0.445 e. The number of aliphatic hydroxyl groups is 2. The van der Waals surface area contributed by atoms with E-state index in [1.165, 1.54) is 11.3 Å². The summed E-state index contributed by atoms with van der Waals surface area (Å²) in [4.78, 5) is 11.6. The van der Waals surface area contributed by atoms with Gasteiger partial charge in [0, 0.05) is 12.1 Å². The second-order valence-corrected chi connectivity index (χ2v) is 6.46. The molecule has 0 bridgehead atoms. The molecule has 1 aromatic heterocycles. The molecule has 0 saturated carbocycles. The first-order chi connectivity index (χ1) is 11.1. The molecule has 0 aliphatic heterocycles. The molecule has 0 fully saturated rings. The fourth-order valence-corrected chi connectivity index (χ4v) is 2.96. The van der Waals surface area contributed by atoms with Gasteiger partial charge in [0.05, 0.1) is 10.4 Å². The van der Waals surface area contributed by atoms with Crippen LogP contribution in [0.2, 0.25) is 4.34 Å². The Hall–Kier alpha value is -1.60. The second kappa shape index (κ2) is 8.88. The fraction of sp³-hybridized carbons (Fsp3) is 0.312. The third-order valence-electron chi connectivity index (χ3n) is 3.25. The number of thiophene rings is 1. The van der Waals surface area contributed by atoms with E-state index >= 15 is 0 Å². The predicted octanol–water partition coefficient (Wildman–Crippen LogP) is 3.11. The van der Waals surface area contributed by atoms with Crippen LogP contribution >= 0.6 is 22.9 Å². The number of hydrogen-bond donors (Lipinski definition) is 3. The number of carbonyl (C=O) groups is 1. The Morgan fingerprint density at radius 2 is 2.00 bits per heavy atom. The first kappa shape index (κ1) is 17.7. The lowest BCUT2D eigenvalue weighted by Crippen LogP contribution is -2.29. The highest BCUT2D eigenvalue weighted by atomic mass is 35.5. The molecular weight excluding hydrogens is 338 g/mol. The monoisotopic (exact) mass is 355 g/mol. The minimum absolute atomic E-state index is 0.183. The molecule has 1 amide bonds. The van der Waals surface area contributed by atoms with Crippen LogP contribution in [0.1, 0.15) is 23.7 Å². The van der Waals surface area contributed by atoms with Crippen LogP contribution in [0.5, 0.6) is 0 Å². The van der Waals surface area contributed by atoms with Gasteiger partial charge in [0.25, 0.3) is 0 Å². The van der Waals surface area contributed by atoms with Crippen LogP contribution in [0, 0.1) is 0 Å². The molecule has 2 atom stereocenters. The molecule has 1 aromatic carbocycles. The van der Waals surface area contributed by atoms with E-state index in [9.17, 15) is 15.0 Å². The standard InChI is InChI=1S/C16H18ClNO4S/c17-15-12(7-9-23-15)14(20)13(19)6-8-18-16(21)22-10-11-4-2-1-3-5-11/h1-5,7,9,13-14,19-20H,6,8,10H2,(H,18,21). The zero-order chi connectivity index (χ0) is 16.7. The summed E-state index contributed by atoms with van der Waals surface area (Å²) in [6.45, 7) is 0.371. The van der Waals surface area contributed by atoms with Gasteiger partial charge in [-0.15, -0.1) is 11.3 Å². The van der Waals surface area contributed by atoms with E-state index in [1.54, 1.807) is 11.4 Å². The zero-order valence-electron chi connectivity index (χ0n) is 12.3. The fourth-order valence-electron chi connectivity index (χ4n) is 1.98. The van der Waals surface area contributed by atoms with Crippen LogP contribution in [0.25, 0.3) is 0 Å². The smallest absolute Gasteiger partial charge is 0.407 e. The van der Waals surface area contributed by atoms with Gasteiger partial charge in [0.2, 0.25) is 0 Å². The van der Waals surface area contributed by atoms with E-state index in [-0.39, 0.29) is 19.6 Å². The summed E-state index contributed by atoms with van der Waals surface area (Å²) in [6.07, 6.45) is -2.47. The third-order valence-corrected chi connectivity index (χ3v) is 4.45. The summed E-state index contributed by atoms with van der Waals surface area (Å²) in [6, 6.07) is 11.0. The van der Waals surface area contributed by atoms with Crippen molar-refractivity contribution < 1.29 is 19.7 Å². The number of nitrogens with one attached hydrogen (secondary N) is 1. The number of rotatable bonds is 7. The van der Waals surface area contributed by atoms with Gasteiger partial charge < -0.3 is 20.3 Å². The van der Waals surface area contributed by atoms with E-state index in [2.05, 4.69) is 5.32 Å². The van der Waals surface area contributed by atoms with Gasteiger partial charge in [-0.1, -0.05) is 41.9 Å². The molecule has 2 unspecified atom stereocenters. The summed E-state index contributed by atoms with van der Waals surface area (Å²) in [7, 11) is 0. The van der Waals surface area contributed by atoms with Gasteiger partial charge in [-0.25, -0.2) is 4.79 Å². The first-order valence-corrected chi connectivity index (χ1v) is 8.37. The number of carbonyl (C=O) groups excluding carboxylic acids is 1. The highest BCUT2D eigenvalue weighted by Crippen LogP contribution is 2.30. The molecule has 0 aliphatic rings. The average Bonchev–Trinajstić information content (AvgIpc) is 2.99. The van der Waals surface area contributed by atoms with Crippen molar-refractivity contribution in [3.8, 4) is 0 Å². The van der Waals surface area contributed by atoms with Crippen LogP contribution in [0.15, 0.2) is 41.8 Å². The number of aliphatic hydroxyl groups excluding tert-OH is 2. The summed E-state index contributed by atoms with van der Waals surface area (Å²) >= 11 is 7.21. The van der Waals surface area contributed by atoms with Crippen LogP contribution in [-0.4, -0.2) is 29.0 Å². The molecule has 0 aliphatic carbocycles. The van der Waals surface area contributed by atoms with Crippen molar-refractivity contribution in [2.24, 2.45) is 0 Å². The second-order valence-electron chi connectivity index (χ2n) is 4.94. The van der Waals surface area contributed by atoms with Crippen molar-refractivity contribution in [3.05, 3.63) is 57.2 Å². The Balaban J connectivity index is 1.68. The third kappa shape index (κ3) is 5.51. The Bertz CT molecular complexity index is 620. The number of amides is 1. The molecule has 0 saturated heterocycles. The van der Waals surface area contributed by atoms with E-state index in [4.69, 9.17) is 16.3 Å². The molecule has 5 nitrogen and oxygen atoms in total. The van der Waals surface area contributed by atoms with Crippen molar-refractivity contribution in [1.29, 1.82) is 0 Å². The lowest BCUT2D eigenvalue weighted by molar-refractivity contribution is 0.0139. The first-order valence-electron chi connectivity index (χ1n) is 7.11. The van der Waals surface area contributed by atoms with Gasteiger partial charge in [-0.3, -0.25) is 0 Å². The highest BCUT2D eigenvalue weighted by Gasteiger charge is 2.21. The summed E-state index contributed by atoms with van der Waals surface area (Å²) in [5.41, 5.74) is 1.39. The average molecular weight is 356 g/mol. The van der Waals surface area contributed by atoms with Gasteiger partial charge in [0.1, 0.15) is 12.7 Å². The molecule has 2 aromatic rings. The van der Waals surface area contributed by atoms with E-state index in [1.807, 2.05) is 30.3 Å².